The molecule has 2 amide bonds. The lowest BCUT2D eigenvalue weighted by molar-refractivity contribution is -0.130. The van der Waals surface area contributed by atoms with Crippen molar-refractivity contribution in [1.82, 2.24) is 24.7 Å². The molecule has 36 heavy (non-hydrogen) atoms. The van der Waals surface area contributed by atoms with Crippen LogP contribution in [0, 0.1) is 6.92 Å². The summed E-state index contributed by atoms with van der Waals surface area (Å²) in [6, 6.07) is 6.47. The predicted molar refractivity (Wildman–Crippen MR) is 143 cm³/mol. The number of likely N-dealkylation sites (tertiary alicyclic amines) is 2. The van der Waals surface area contributed by atoms with Gasteiger partial charge in [0.2, 0.25) is 5.91 Å². The number of amides is 2. The highest BCUT2D eigenvalue weighted by molar-refractivity contribution is 6.42. The number of aryl methyl sites for hydroxylation is 2. The van der Waals surface area contributed by atoms with E-state index < -0.39 is 0 Å². The van der Waals surface area contributed by atoms with Crippen molar-refractivity contribution >= 4 is 35.0 Å². The summed E-state index contributed by atoms with van der Waals surface area (Å²) in [7, 11) is 1.90. The van der Waals surface area contributed by atoms with Crippen LogP contribution in [0.2, 0.25) is 10.0 Å². The summed E-state index contributed by atoms with van der Waals surface area (Å²) in [5, 5.41) is 1.08. The number of aromatic nitrogens is 2. The number of nitrogens with zero attached hydrogens (tertiary/aromatic N) is 5. The third-order valence-corrected chi connectivity index (χ3v) is 8.58. The first-order valence-corrected chi connectivity index (χ1v) is 13.5. The molecule has 0 radical (unpaired) electrons. The quantitative estimate of drug-likeness (QED) is 0.551. The Balaban J connectivity index is 1.31. The molecule has 0 saturated carbocycles. The lowest BCUT2D eigenvalue weighted by Crippen LogP contribution is -2.52. The zero-order valence-electron chi connectivity index (χ0n) is 21.3. The maximum absolute atomic E-state index is 13.3. The normalized spacial score (nSPS) is 17.9. The zero-order valence-corrected chi connectivity index (χ0v) is 22.9. The van der Waals surface area contributed by atoms with Crippen LogP contribution in [-0.2, 0) is 17.6 Å². The second-order valence-corrected chi connectivity index (χ2v) is 10.8. The lowest BCUT2D eigenvalue weighted by Gasteiger charge is -2.43. The summed E-state index contributed by atoms with van der Waals surface area (Å²) in [6.07, 6.45) is 6.91. The summed E-state index contributed by atoms with van der Waals surface area (Å²) in [6.45, 7) is 7.06. The molecule has 0 aliphatic carbocycles. The summed E-state index contributed by atoms with van der Waals surface area (Å²) in [5.41, 5.74) is 3.31. The summed E-state index contributed by atoms with van der Waals surface area (Å²) < 4.78 is 0. The van der Waals surface area contributed by atoms with Crippen LogP contribution in [0.25, 0.3) is 0 Å². The van der Waals surface area contributed by atoms with Crippen molar-refractivity contribution in [3.8, 4) is 0 Å². The van der Waals surface area contributed by atoms with Crippen molar-refractivity contribution in [2.75, 3.05) is 33.2 Å². The van der Waals surface area contributed by atoms with Crippen LogP contribution >= 0.6 is 23.2 Å². The van der Waals surface area contributed by atoms with E-state index >= 15 is 0 Å². The Hall–Kier alpha value is -2.22. The monoisotopic (exact) mass is 531 g/mol. The fraction of sp³-hybridized carbons (Fsp3) is 0.556. The molecule has 0 bridgehead atoms. The molecule has 9 heteroatoms. The maximum Gasteiger partial charge on any atom is 0.272 e. The summed E-state index contributed by atoms with van der Waals surface area (Å²) >= 11 is 12.2. The van der Waals surface area contributed by atoms with Crippen LogP contribution in [0.3, 0.4) is 0 Å². The number of carbonyl (C=O) groups excluding carboxylic acids is 2. The standard InChI is InChI=1S/C27H35Cl2N5O2/c1-18-25(7-5-20-4-6-23(28)24(29)16-20)30-17-31-26(18)27(36)34-14-10-22(11-15-34)33-12-8-21(9-13-33)32(3)19(2)35/h4,6,16-17,21-22H,5,7-15H2,1-3H3. The van der Waals surface area contributed by atoms with Crippen molar-refractivity contribution in [3.63, 3.8) is 0 Å². The first-order valence-electron chi connectivity index (χ1n) is 12.8. The van der Waals surface area contributed by atoms with E-state index in [1.165, 1.54) is 6.33 Å². The van der Waals surface area contributed by atoms with E-state index in [4.69, 9.17) is 23.2 Å². The molecule has 1 aromatic heterocycles. The van der Waals surface area contributed by atoms with Crippen LogP contribution in [0.1, 0.15) is 59.9 Å². The van der Waals surface area contributed by atoms with E-state index in [0.29, 0.717) is 34.2 Å². The second-order valence-electron chi connectivity index (χ2n) is 9.96. The third-order valence-electron chi connectivity index (χ3n) is 7.84. The Morgan fingerprint density at radius 2 is 1.69 bits per heavy atom. The number of carbonyl (C=O) groups is 2. The van der Waals surface area contributed by atoms with E-state index in [9.17, 15) is 9.59 Å². The second kappa shape index (κ2) is 11.9. The average Bonchev–Trinajstić information content (AvgIpc) is 2.89. The molecule has 2 saturated heterocycles. The van der Waals surface area contributed by atoms with Crippen LogP contribution in [0.15, 0.2) is 24.5 Å². The van der Waals surface area contributed by atoms with Crippen molar-refractivity contribution in [3.05, 3.63) is 57.1 Å². The molecule has 194 valence electrons. The highest BCUT2D eigenvalue weighted by atomic mass is 35.5. The largest absolute Gasteiger partial charge is 0.343 e. The first-order chi connectivity index (χ1) is 17.2. The maximum atomic E-state index is 13.3. The molecule has 7 nitrogen and oxygen atoms in total. The number of piperidine rings is 2. The zero-order chi connectivity index (χ0) is 25.8. The number of benzene rings is 1. The van der Waals surface area contributed by atoms with Crippen LogP contribution in [0.5, 0.6) is 0 Å². The van der Waals surface area contributed by atoms with Gasteiger partial charge in [0.1, 0.15) is 12.0 Å². The van der Waals surface area contributed by atoms with Crippen molar-refractivity contribution < 1.29 is 9.59 Å². The van der Waals surface area contributed by atoms with Gasteiger partial charge in [-0.1, -0.05) is 29.3 Å². The molecule has 2 aliphatic rings. The molecule has 1 aromatic carbocycles. The van der Waals surface area contributed by atoms with Crippen LogP contribution in [0.4, 0.5) is 0 Å². The van der Waals surface area contributed by atoms with E-state index in [1.54, 1.807) is 13.0 Å². The van der Waals surface area contributed by atoms with Gasteiger partial charge in [-0.15, -0.1) is 0 Å². The van der Waals surface area contributed by atoms with Crippen LogP contribution in [-0.4, -0.2) is 81.8 Å². The van der Waals surface area contributed by atoms with Gasteiger partial charge < -0.3 is 14.7 Å². The highest BCUT2D eigenvalue weighted by Gasteiger charge is 2.32. The minimum Gasteiger partial charge on any atom is -0.343 e. The SMILES string of the molecule is CC(=O)N(C)C1CCN(C2CCN(C(=O)c3ncnc(CCc4ccc(Cl)c(Cl)c4)c3C)CC2)CC1. The molecule has 4 rings (SSSR count). The van der Waals surface area contributed by atoms with Gasteiger partial charge in [0.25, 0.3) is 5.91 Å². The molecule has 0 atom stereocenters. The lowest BCUT2D eigenvalue weighted by atomic mass is 9.96. The Morgan fingerprint density at radius 3 is 2.33 bits per heavy atom. The Morgan fingerprint density at radius 1 is 1.00 bits per heavy atom. The van der Waals surface area contributed by atoms with Gasteiger partial charge >= 0.3 is 0 Å². The summed E-state index contributed by atoms with van der Waals surface area (Å²) in [4.78, 5) is 40.2. The smallest absolute Gasteiger partial charge is 0.272 e. The fourth-order valence-electron chi connectivity index (χ4n) is 5.39. The average molecular weight is 533 g/mol. The summed E-state index contributed by atoms with van der Waals surface area (Å²) in [5.74, 6) is 0.128. The number of hydrogen-bond donors (Lipinski definition) is 0. The number of rotatable bonds is 6. The van der Waals surface area contributed by atoms with Gasteiger partial charge in [0, 0.05) is 63.5 Å². The topological polar surface area (TPSA) is 69.6 Å². The van der Waals surface area contributed by atoms with E-state index in [1.807, 2.05) is 35.9 Å². The molecule has 0 unspecified atom stereocenters. The molecule has 0 spiro atoms. The molecule has 2 aliphatic heterocycles. The number of halogens is 2. The molecule has 2 aromatic rings. The molecular formula is C27H35Cl2N5O2. The van der Waals surface area contributed by atoms with E-state index in [2.05, 4.69) is 14.9 Å². The number of hydrogen-bond acceptors (Lipinski definition) is 5. The van der Waals surface area contributed by atoms with Gasteiger partial charge in [0.05, 0.1) is 10.0 Å². The van der Waals surface area contributed by atoms with E-state index in [-0.39, 0.29) is 11.8 Å². The molecule has 0 N–H and O–H groups in total. The third kappa shape index (κ3) is 6.18. The van der Waals surface area contributed by atoms with E-state index in [0.717, 1.165) is 75.1 Å². The van der Waals surface area contributed by atoms with Crippen molar-refractivity contribution in [2.24, 2.45) is 0 Å². The van der Waals surface area contributed by atoms with Gasteiger partial charge in [0.15, 0.2) is 0 Å². The Kier molecular flexibility index (Phi) is 8.86. The van der Waals surface area contributed by atoms with Gasteiger partial charge in [-0.05, 0) is 63.1 Å². The van der Waals surface area contributed by atoms with Gasteiger partial charge in [-0.3, -0.25) is 9.59 Å². The first kappa shape index (κ1) is 26.8. The van der Waals surface area contributed by atoms with Crippen molar-refractivity contribution in [2.45, 2.75) is 64.5 Å². The van der Waals surface area contributed by atoms with Crippen molar-refractivity contribution in [1.29, 1.82) is 0 Å². The highest BCUT2D eigenvalue weighted by Crippen LogP contribution is 2.25. The predicted octanol–water partition coefficient (Wildman–Crippen LogP) is 4.42. The van der Waals surface area contributed by atoms with Gasteiger partial charge in [-0.2, -0.15) is 0 Å². The van der Waals surface area contributed by atoms with Gasteiger partial charge in [-0.25, -0.2) is 9.97 Å². The Labute approximate surface area is 223 Å². The fourth-order valence-corrected chi connectivity index (χ4v) is 5.71. The minimum absolute atomic E-state index is 0.00840. The minimum atomic E-state index is -0.00840. The molecular weight excluding hydrogens is 497 g/mol. The molecule has 3 heterocycles. The molecule has 2 fully saturated rings. The Bertz CT molecular complexity index is 1100. The van der Waals surface area contributed by atoms with Crippen LogP contribution < -0.4 is 0 Å².